The Morgan fingerprint density at radius 2 is 1.68 bits per heavy atom. The maximum Gasteiger partial charge on any atom is 0.215 e. The SMILES string of the molecule is Clc1cc(Cl)c([C@]2(Cn3ccnc3)OC[C@H](COc3ccc(-c4ccccc4)cc3)O2)cc1Cl. The molecule has 2 atom stereocenters. The van der Waals surface area contributed by atoms with Crippen LogP contribution < -0.4 is 4.74 Å². The molecule has 0 unspecified atom stereocenters. The summed E-state index contributed by atoms with van der Waals surface area (Å²) in [6.07, 6.45) is 4.90. The van der Waals surface area contributed by atoms with Crippen LogP contribution in [-0.4, -0.2) is 28.9 Å². The van der Waals surface area contributed by atoms with E-state index in [1.54, 1.807) is 24.7 Å². The van der Waals surface area contributed by atoms with Gasteiger partial charge in [0.25, 0.3) is 0 Å². The molecule has 0 bridgehead atoms. The zero-order valence-corrected chi connectivity index (χ0v) is 20.3. The van der Waals surface area contributed by atoms with Crippen LogP contribution in [-0.2, 0) is 21.8 Å². The third-order valence-corrected chi connectivity index (χ3v) is 6.66. The summed E-state index contributed by atoms with van der Waals surface area (Å²) in [5.74, 6) is -0.403. The lowest BCUT2D eigenvalue weighted by Gasteiger charge is -2.30. The molecule has 1 aliphatic heterocycles. The van der Waals surface area contributed by atoms with Gasteiger partial charge in [-0.3, -0.25) is 0 Å². The van der Waals surface area contributed by atoms with Gasteiger partial charge in [-0.25, -0.2) is 4.98 Å². The van der Waals surface area contributed by atoms with Gasteiger partial charge in [0.2, 0.25) is 5.79 Å². The molecule has 0 spiro atoms. The third-order valence-electron chi connectivity index (χ3n) is 5.63. The van der Waals surface area contributed by atoms with Gasteiger partial charge in [0.1, 0.15) is 18.5 Å². The summed E-state index contributed by atoms with van der Waals surface area (Å²) in [5, 5.41) is 1.15. The van der Waals surface area contributed by atoms with Gasteiger partial charge in [-0.2, -0.15) is 0 Å². The van der Waals surface area contributed by atoms with Crippen molar-refractivity contribution in [3.05, 3.63) is 106 Å². The Balaban J connectivity index is 1.31. The first kappa shape index (κ1) is 23.2. The summed E-state index contributed by atoms with van der Waals surface area (Å²) in [7, 11) is 0. The third kappa shape index (κ3) is 4.95. The Morgan fingerprint density at radius 3 is 2.41 bits per heavy atom. The molecule has 174 valence electrons. The average Bonchev–Trinajstić information content (AvgIpc) is 3.52. The van der Waals surface area contributed by atoms with Gasteiger partial charge in [0.15, 0.2) is 0 Å². The van der Waals surface area contributed by atoms with E-state index in [-0.39, 0.29) is 6.10 Å². The largest absolute Gasteiger partial charge is 0.491 e. The zero-order valence-electron chi connectivity index (χ0n) is 18.0. The highest BCUT2D eigenvalue weighted by atomic mass is 35.5. The number of nitrogens with zero attached hydrogens (tertiary/aromatic N) is 2. The Labute approximate surface area is 212 Å². The van der Waals surface area contributed by atoms with Crippen LogP contribution in [0.4, 0.5) is 0 Å². The predicted octanol–water partition coefficient (Wildman–Crippen LogP) is 6.86. The number of hydrogen-bond donors (Lipinski definition) is 0. The monoisotopic (exact) mass is 514 g/mol. The minimum atomic E-state index is -1.16. The van der Waals surface area contributed by atoms with E-state index >= 15 is 0 Å². The Kier molecular flexibility index (Phi) is 6.82. The van der Waals surface area contributed by atoms with Gasteiger partial charge in [0, 0.05) is 18.0 Å². The van der Waals surface area contributed by atoms with E-state index in [9.17, 15) is 0 Å². The molecule has 5 rings (SSSR count). The number of hydrogen-bond acceptors (Lipinski definition) is 4. The molecular formula is C26H21Cl3N2O3. The van der Waals surface area contributed by atoms with E-state index in [0.29, 0.717) is 40.4 Å². The van der Waals surface area contributed by atoms with Crippen molar-refractivity contribution in [2.24, 2.45) is 0 Å². The van der Waals surface area contributed by atoms with E-state index in [0.717, 1.165) is 16.9 Å². The van der Waals surface area contributed by atoms with Gasteiger partial charge in [-0.05, 0) is 35.4 Å². The summed E-state index contributed by atoms with van der Waals surface area (Å²) in [4.78, 5) is 4.11. The molecular weight excluding hydrogens is 495 g/mol. The van der Waals surface area contributed by atoms with E-state index in [4.69, 9.17) is 49.0 Å². The lowest BCUT2D eigenvalue weighted by Crippen LogP contribution is -2.34. The van der Waals surface area contributed by atoms with Gasteiger partial charge in [-0.15, -0.1) is 0 Å². The topological polar surface area (TPSA) is 45.5 Å². The number of rotatable bonds is 7. The van der Waals surface area contributed by atoms with Crippen molar-refractivity contribution in [2.75, 3.05) is 13.2 Å². The average molecular weight is 516 g/mol. The smallest absolute Gasteiger partial charge is 0.215 e. The van der Waals surface area contributed by atoms with Gasteiger partial charge < -0.3 is 18.8 Å². The second-order valence-electron chi connectivity index (χ2n) is 7.99. The molecule has 8 heteroatoms. The van der Waals surface area contributed by atoms with Crippen LogP contribution in [0, 0.1) is 0 Å². The minimum Gasteiger partial charge on any atom is -0.491 e. The highest BCUT2D eigenvalue weighted by Crippen LogP contribution is 2.42. The van der Waals surface area contributed by atoms with Crippen molar-refractivity contribution in [1.82, 2.24) is 9.55 Å². The molecule has 3 aromatic carbocycles. The first-order valence-corrected chi connectivity index (χ1v) is 11.9. The van der Waals surface area contributed by atoms with E-state index in [1.165, 1.54) is 0 Å². The maximum atomic E-state index is 6.54. The predicted molar refractivity (Wildman–Crippen MR) is 134 cm³/mol. The molecule has 1 aromatic heterocycles. The number of imidazole rings is 1. The Bertz CT molecular complexity index is 1250. The van der Waals surface area contributed by atoms with Crippen LogP contribution in [0.2, 0.25) is 15.1 Å². The molecule has 34 heavy (non-hydrogen) atoms. The fraction of sp³-hybridized carbons (Fsp3) is 0.192. The summed E-state index contributed by atoms with van der Waals surface area (Å²) in [6, 6.07) is 21.5. The standard InChI is InChI=1S/C26H21Cl3N2O3/c27-23-13-25(29)24(28)12-22(23)26(16-31-11-10-30-17-31)33-15-21(34-26)14-32-20-8-6-19(7-9-20)18-4-2-1-3-5-18/h1-13,17,21H,14-16H2/t21-,26+/m0/s1. The van der Waals surface area contributed by atoms with Crippen LogP contribution in [0.5, 0.6) is 5.75 Å². The Hall–Kier alpha value is -2.54. The maximum absolute atomic E-state index is 6.54. The van der Waals surface area contributed by atoms with Crippen molar-refractivity contribution in [1.29, 1.82) is 0 Å². The van der Waals surface area contributed by atoms with Crippen LogP contribution in [0.25, 0.3) is 11.1 Å². The molecule has 0 aliphatic carbocycles. The molecule has 2 heterocycles. The quantitative estimate of drug-likeness (QED) is 0.252. The fourth-order valence-electron chi connectivity index (χ4n) is 3.95. The summed E-state index contributed by atoms with van der Waals surface area (Å²) >= 11 is 19.0. The summed E-state index contributed by atoms with van der Waals surface area (Å²) < 4.78 is 20.5. The van der Waals surface area contributed by atoms with Crippen molar-refractivity contribution in [3.8, 4) is 16.9 Å². The normalized spacial score (nSPS) is 19.9. The molecule has 1 saturated heterocycles. The van der Waals surface area contributed by atoms with Crippen molar-refractivity contribution in [3.63, 3.8) is 0 Å². The second-order valence-corrected chi connectivity index (χ2v) is 9.21. The molecule has 0 saturated carbocycles. The number of aromatic nitrogens is 2. The number of ether oxygens (including phenoxy) is 3. The Morgan fingerprint density at radius 1 is 0.941 bits per heavy atom. The van der Waals surface area contributed by atoms with Crippen molar-refractivity contribution in [2.45, 2.75) is 18.4 Å². The van der Waals surface area contributed by atoms with Crippen LogP contribution in [0.1, 0.15) is 5.56 Å². The molecule has 1 aliphatic rings. The number of benzene rings is 3. The summed E-state index contributed by atoms with van der Waals surface area (Å²) in [5.41, 5.74) is 2.89. The molecule has 0 radical (unpaired) electrons. The highest BCUT2D eigenvalue weighted by Gasteiger charge is 2.45. The van der Waals surface area contributed by atoms with Gasteiger partial charge in [0.05, 0.1) is 34.5 Å². The van der Waals surface area contributed by atoms with Crippen LogP contribution in [0.15, 0.2) is 85.5 Å². The molecule has 0 amide bonds. The van der Waals surface area contributed by atoms with Crippen molar-refractivity contribution < 1.29 is 14.2 Å². The number of halogens is 3. The molecule has 5 nitrogen and oxygen atoms in total. The van der Waals surface area contributed by atoms with Crippen LogP contribution in [0.3, 0.4) is 0 Å². The lowest BCUT2D eigenvalue weighted by molar-refractivity contribution is -0.189. The highest BCUT2D eigenvalue weighted by molar-refractivity contribution is 6.43. The van der Waals surface area contributed by atoms with Crippen molar-refractivity contribution >= 4 is 34.8 Å². The minimum absolute atomic E-state index is 0.315. The van der Waals surface area contributed by atoms with Gasteiger partial charge in [-0.1, -0.05) is 77.3 Å². The van der Waals surface area contributed by atoms with Gasteiger partial charge >= 0.3 is 0 Å². The van der Waals surface area contributed by atoms with E-state index < -0.39 is 5.79 Å². The summed E-state index contributed by atoms with van der Waals surface area (Å²) in [6.45, 7) is 0.982. The van der Waals surface area contributed by atoms with Crippen LogP contribution >= 0.6 is 34.8 Å². The first-order chi connectivity index (χ1) is 16.5. The lowest BCUT2D eigenvalue weighted by atomic mass is 10.1. The van der Waals surface area contributed by atoms with E-state index in [2.05, 4.69) is 17.1 Å². The van der Waals surface area contributed by atoms with E-state index in [1.807, 2.05) is 53.2 Å². The molecule has 1 fully saturated rings. The second kappa shape index (κ2) is 9.98. The molecule has 4 aromatic rings. The molecule has 0 N–H and O–H groups in total. The first-order valence-electron chi connectivity index (χ1n) is 10.7. The zero-order chi connectivity index (χ0) is 23.5. The fourth-order valence-corrected chi connectivity index (χ4v) is 4.65.